The summed E-state index contributed by atoms with van der Waals surface area (Å²) in [5.41, 5.74) is 2.06. The van der Waals surface area contributed by atoms with Crippen LogP contribution in [0.1, 0.15) is 47.0 Å². The molecular formula is C14H24. The third-order valence-corrected chi connectivity index (χ3v) is 3.68. The van der Waals surface area contributed by atoms with E-state index < -0.39 is 0 Å². The van der Waals surface area contributed by atoms with Crippen LogP contribution in [0.15, 0.2) is 24.3 Å². The predicted octanol–water partition coefficient (Wildman–Crippen LogP) is 4.58. The molecule has 0 aromatic carbocycles. The van der Waals surface area contributed by atoms with Gasteiger partial charge in [0.15, 0.2) is 0 Å². The third-order valence-electron chi connectivity index (χ3n) is 3.68. The molecular weight excluding hydrogens is 168 g/mol. The van der Waals surface area contributed by atoms with Crippen LogP contribution in [0.3, 0.4) is 0 Å². The molecule has 0 aromatic rings. The van der Waals surface area contributed by atoms with Crippen LogP contribution in [0.25, 0.3) is 0 Å². The molecule has 14 heavy (non-hydrogen) atoms. The van der Waals surface area contributed by atoms with Crippen molar-refractivity contribution in [2.75, 3.05) is 0 Å². The molecule has 1 aliphatic carbocycles. The third kappa shape index (κ3) is 2.50. The minimum Gasteiger partial charge on any atom is -0.102 e. The minimum atomic E-state index is 0.459. The molecule has 0 nitrogen and oxygen atoms in total. The lowest BCUT2D eigenvalue weighted by atomic mass is 9.67. The Hall–Kier alpha value is -0.520. The molecule has 0 radical (unpaired) electrons. The van der Waals surface area contributed by atoms with Crippen molar-refractivity contribution in [2.24, 2.45) is 17.3 Å². The van der Waals surface area contributed by atoms with Gasteiger partial charge in [-0.3, -0.25) is 0 Å². The van der Waals surface area contributed by atoms with E-state index in [4.69, 9.17) is 0 Å². The molecule has 0 N–H and O–H groups in total. The summed E-state index contributed by atoms with van der Waals surface area (Å²) in [5.74, 6) is 1.49. The Kier molecular flexibility index (Phi) is 3.58. The van der Waals surface area contributed by atoms with E-state index in [0.717, 1.165) is 5.92 Å². The summed E-state index contributed by atoms with van der Waals surface area (Å²) in [7, 11) is 0. The van der Waals surface area contributed by atoms with Gasteiger partial charge in [-0.1, -0.05) is 38.5 Å². The number of hydrogen-bond acceptors (Lipinski definition) is 0. The first-order valence-electron chi connectivity index (χ1n) is 5.76. The normalized spacial score (nSPS) is 31.9. The van der Waals surface area contributed by atoms with E-state index in [1.165, 1.54) is 19.3 Å². The second-order valence-corrected chi connectivity index (χ2v) is 5.54. The summed E-state index contributed by atoms with van der Waals surface area (Å²) < 4.78 is 0. The van der Waals surface area contributed by atoms with E-state index in [0.29, 0.717) is 11.3 Å². The fraction of sp³-hybridized carbons (Fsp3) is 0.714. The van der Waals surface area contributed by atoms with Crippen LogP contribution in [-0.2, 0) is 0 Å². The van der Waals surface area contributed by atoms with Crippen LogP contribution >= 0.6 is 0 Å². The highest BCUT2D eigenvalue weighted by Crippen LogP contribution is 2.42. The van der Waals surface area contributed by atoms with Gasteiger partial charge in [0.25, 0.3) is 0 Å². The maximum atomic E-state index is 3.96. The highest BCUT2D eigenvalue weighted by molar-refractivity contribution is 5.15. The zero-order chi connectivity index (χ0) is 10.8. The molecule has 0 aliphatic heterocycles. The average molecular weight is 192 g/mol. The van der Waals surface area contributed by atoms with Gasteiger partial charge in [-0.15, -0.1) is 6.58 Å². The molecule has 0 saturated heterocycles. The molecule has 0 bridgehead atoms. The Balaban J connectivity index is 2.71. The molecule has 1 saturated carbocycles. The summed E-state index contributed by atoms with van der Waals surface area (Å²) >= 11 is 0. The second-order valence-electron chi connectivity index (χ2n) is 5.54. The van der Waals surface area contributed by atoms with Crippen LogP contribution in [0.4, 0.5) is 0 Å². The number of rotatable bonds is 1. The first-order valence-corrected chi connectivity index (χ1v) is 5.76. The molecule has 0 spiro atoms. The lowest BCUT2D eigenvalue weighted by Crippen LogP contribution is -2.27. The van der Waals surface area contributed by atoms with Gasteiger partial charge in [-0.2, -0.15) is 0 Å². The first-order chi connectivity index (χ1) is 6.49. The second kappa shape index (κ2) is 4.33. The van der Waals surface area contributed by atoms with E-state index in [2.05, 4.69) is 46.4 Å². The molecule has 2 atom stereocenters. The first kappa shape index (κ1) is 11.6. The fourth-order valence-corrected chi connectivity index (χ4v) is 2.49. The van der Waals surface area contributed by atoms with Crippen molar-refractivity contribution in [3.8, 4) is 0 Å². The maximum absolute atomic E-state index is 3.96. The number of hydrogen-bond donors (Lipinski definition) is 0. The summed E-state index contributed by atoms with van der Waals surface area (Å²) in [5, 5.41) is 0. The highest BCUT2D eigenvalue weighted by atomic mass is 14.4. The minimum absolute atomic E-state index is 0.459. The number of allylic oxidation sites excluding steroid dienone is 3. The van der Waals surface area contributed by atoms with Crippen molar-refractivity contribution >= 4 is 0 Å². The Bertz CT molecular complexity index is 227. The van der Waals surface area contributed by atoms with Gasteiger partial charge in [0.1, 0.15) is 0 Å². The topological polar surface area (TPSA) is 0 Å². The highest BCUT2D eigenvalue weighted by Gasteiger charge is 2.31. The van der Waals surface area contributed by atoms with E-state index in [-0.39, 0.29) is 0 Å². The van der Waals surface area contributed by atoms with Gasteiger partial charge in [0, 0.05) is 0 Å². The van der Waals surface area contributed by atoms with Crippen LogP contribution in [0.5, 0.6) is 0 Å². The van der Waals surface area contributed by atoms with Crippen molar-refractivity contribution in [1.29, 1.82) is 0 Å². The van der Waals surface area contributed by atoms with Gasteiger partial charge < -0.3 is 0 Å². The van der Waals surface area contributed by atoms with Crippen LogP contribution in [0.2, 0.25) is 0 Å². The van der Waals surface area contributed by atoms with Gasteiger partial charge in [-0.25, -0.2) is 0 Å². The smallest absolute Gasteiger partial charge is 0.00232 e. The fourth-order valence-electron chi connectivity index (χ4n) is 2.49. The average Bonchev–Trinajstić information content (AvgIpc) is 2.15. The predicted molar refractivity (Wildman–Crippen MR) is 64.2 cm³/mol. The van der Waals surface area contributed by atoms with E-state index in [1.54, 1.807) is 5.57 Å². The molecule has 80 valence electrons. The van der Waals surface area contributed by atoms with Gasteiger partial charge in [-0.05, 0) is 43.4 Å². The molecule has 0 heteroatoms. The van der Waals surface area contributed by atoms with Gasteiger partial charge >= 0.3 is 0 Å². The molecule has 1 aliphatic rings. The van der Waals surface area contributed by atoms with Gasteiger partial charge in [0.2, 0.25) is 0 Å². The summed E-state index contributed by atoms with van der Waals surface area (Å²) in [6, 6.07) is 0. The quantitative estimate of drug-likeness (QED) is 0.533. The molecule has 0 amide bonds. The summed E-state index contributed by atoms with van der Waals surface area (Å²) in [4.78, 5) is 0. The Morgan fingerprint density at radius 2 is 2.00 bits per heavy atom. The Labute approximate surface area is 89.1 Å². The lowest BCUT2D eigenvalue weighted by molar-refractivity contribution is 0.181. The van der Waals surface area contributed by atoms with Crippen LogP contribution in [0, 0.1) is 17.3 Å². The van der Waals surface area contributed by atoms with E-state index in [9.17, 15) is 0 Å². The molecule has 0 aromatic heterocycles. The largest absolute Gasteiger partial charge is 0.102 e. The van der Waals surface area contributed by atoms with E-state index >= 15 is 0 Å². The van der Waals surface area contributed by atoms with Crippen molar-refractivity contribution in [3.05, 3.63) is 24.3 Å². The molecule has 0 unspecified atom stereocenters. The van der Waals surface area contributed by atoms with E-state index in [1.807, 2.05) is 0 Å². The maximum Gasteiger partial charge on any atom is -0.00232 e. The van der Waals surface area contributed by atoms with Crippen LogP contribution in [-0.4, -0.2) is 0 Å². The molecule has 0 heterocycles. The molecule has 1 fully saturated rings. The van der Waals surface area contributed by atoms with Crippen molar-refractivity contribution in [3.63, 3.8) is 0 Å². The summed E-state index contributed by atoms with van der Waals surface area (Å²) in [6.07, 6.45) is 8.34. The van der Waals surface area contributed by atoms with Crippen molar-refractivity contribution < 1.29 is 0 Å². The lowest BCUT2D eigenvalue weighted by Gasteiger charge is -2.38. The zero-order valence-electron chi connectivity index (χ0n) is 10.1. The summed E-state index contributed by atoms with van der Waals surface area (Å²) in [6.45, 7) is 13.2. The zero-order valence-corrected chi connectivity index (χ0v) is 10.1. The Morgan fingerprint density at radius 1 is 1.36 bits per heavy atom. The SMILES string of the molecule is C=C[C@H]1C[C@@H](C(C)(C)C)CC/C1=C/C. The van der Waals surface area contributed by atoms with Crippen LogP contribution < -0.4 is 0 Å². The standard InChI is InChI=1S/C14H24/c1-6-11-8-9-13(14(3,4)5)10-12(11)7-2/h6-7,12-13H,2,8-10H2,1,3-5H3/b11-6-/t12-,13-/m0/s1. The van der Waals surface area contributed by atoms with Crippen molar-refractivity contribution in [1.82, 2.24) is 0 Å². The monoisotopic (exact) mass is 192 g/mol. The molecule has 1 rings (SSSR count). The van der Waals surface area contributed by atoms with Crippen molar-refractivity contribution in [2.45, 2.75) is 47.0 Å². The Morgan fingerprint density at radius 3 is 2.43 bits per heavy atom. The van der Waals surface area contributed by atoms with Gasteiger partial charge in [0.05, 0.1) is 0 Å².